The first-order chi connectivity index (χ1) is 9.32. The van der Waals surface area contributed by atoms with Gasteiger partial charge in [-0.1, -0.05) is 6.92 Å². The molecule has 0 spiro atoms. The third-order valence-electron chi connectivity index (χ3n) is 4.71. The summed E-state index contributed by atoms with van der Waals surface area (Å²) in [4.78, 5) is 2.52. The number of hydrogen-bond donors (Lipinski definition) is 1. The molecule has 1 N–H and O–H groups in total. The fourth-order valence-electron chi connectivity index (χ4n) is 3.70. The summed E-state index contributed by atoms with van der Waals surface area (Å²) in [5.41, 5.74) is 0.375. The minimum Gasteiger partial charge on any atom is -0.319 e. The fourth-order valence-corrected chi connectivity index (χ4v) is 4.64. The van der Waals surface area contributed by atoms with Crippen molar-refractivity contribution in [2.45, 2.75) is 26.2 Å². The molecule has 2 saturated heterocycles. The molecule has 0 aromatic carbocycles. The Labute approximate surface area is 123 Å². The zero-order chi connectivity index (χ0) is 14.8. The molecule has 0 radical (unpaired) electrons. The molecule has 0 aromatic rings. The highest BCUT2D eigenvalue weighted by molar-refractivity contribution is 7.88. The van der Waals surface area contributed by atoms with Gasteiger partial charge in [-0.2, -0.15) is 0 Å². The first kappa shape index (κ1) is 16.2. The van der Waals surface area contributed by atoms with Gasteiger partial charge in [0.05, 0.1) is 6.26 Å². The van der Waals surface area contributed by atoms with Crippen LogP contribution in [0.2, 0.25) is 0 Å². The number of hydrogen-bond acceptors (Lipinski definition) is 4. The molecule has 118 valence electrons. The van der Waals surface area contributed by atoms with E-state index < -0.39 is 10.0 Å². The second-order valence-electron chi connectivity index (χ2n) is 6.96. The Morgan fingerprint density at radius 2 is 2.10 bits per heavy atom. The highest BCUT2D eigenvalue weighted by Gasteiger charge is 2.35. The molecule has 6 heteroatoms. The molecule has 0 amide bonds. The van der Waals surface area contributed by atoms with Crippen LogP contribution in [0.5, 0.6) is 0 Å². The molecule has 0 aromatic heterocycles. The molecule has 0 saturated carbocycles. The fraction of sp³-hybridized carbons (Fsp3) is 1.00. The SMILES string of the molecule is CNCC1(C)CCN(CC2CCCN(S(C)(=O)=O)C2)C1. The molecule has 2 unspecified atom stereocenters. The summed E-state index contributed by atoms with van der Waals surface area (Å²) in [6.45, 7) is 8.13. The van der Waals surface area contributed by atoms with Crippen LogP contribution in [0.25, 0.3) is 0 Å². The van der Waals surface area contributed by atoms with Crippen LogP contribution in [-0.4, -0.2) is 70.2 Å². The molecular weight excluding hydrogens is 274 g/mol. The van der Waals surface area contributed by atoms with Crippen molar-refractivity contribution < 1.29 is 8.42 Å². The maximum atomic E-state index is 11.7. The van der Waals surface area contributed by atoms with E-state index in [1.54, 1.807) is 4.31 Å². The maximum absolute atomic E-state index is 11.7. The van der Waals surface area contributed by atoms with Crippen LogP contribution >= 0.6 is 0 Å². The molecule has 2 atom stereocenters. The molecule has 5 nitrogen and oxygen atoms in total. The lowest BCUT2D eigenvalue weighted by Crippen LogP contribution is -2.43. The quantitative estimate of drug-likeness (QED) is 0.808. The summed E-state index contributed by atoms with van der Waals surface area (Å²) in [7, 11) is -1.01. The topological polar surface area (TPSA) is 52.6 Å². The van der Waals surface area contributed by atoms with E-state index in [4.69, 9.17) is 0 Å². The van der Waals surface area contributed by atoms with Gasteiger partial charge in [0.1, 0.15) is 0 Å². The van der Waals surface area contributed by atoms with Gasteiger partial charge < -0.3 is 10.2 Å². The number of sulfonamides is 1. The smallest absolute Gasteiger partial charge is 0.211 e. The lowest BCUT2D eigenvalue weighted by molar-refractivity contribution is 0.186. The average Bonchev–Trinajstić information content (AvgIpc) is 2.70. The van der Waals surface area contributed by atoms with E-state index >= 15 is 0 Å². The predicted molar refractivity (Wildman–Crippen MR) is 82.2 cm³/mol. The van der Waals surface area contributed by atoms with Crippen molar-refractivity contribution in [2.24, 2.45) is 11.3 Å². The number of nitrogens with zero attached hydrogens (tertiary/aromatic N) is 2. The molecule has 2 fully saturated rings. The third-order valence-corrected chi connectivity index (χ3v) is 5.98. The Kier molecular flexibility index (Phi) is 5.10. The van der Waals surface area contributed by atoms with Gasteiger partial charge >= 0.3 is 0 Å². The van der Waals surface area contributed by atoms with Crippen molar-refractivity contribution >= 4 is 10.0 Å². The lowest BCUT2D eigenvalue weighted by atomic mass is 9.90. The van der Waals surface area contributed by atoms with Crippen molar-refractivity contribution in [2.75, 3.05) is 52.6 Å². The number of likely N-dealkylation sites (tertiary alicyclic amines) is 1. The molecular formula is C14H29N3O2S. The van der Waals surface area contributed by atoms with Crippen molar-refractivity contribution in [3.8, 4) is 0 Å². The van der Waals surface area contributed by atoms with Crippen molar-refractivity contribution in [1.29, 1.82) is 0 Å². The van der Waals surface area contributed by atoms with Crippen LogP contribution in [0, 0.1) is 11.3 Å². The van der Waals surface area contributed by atoms with Gasteiger partial charge in [-0.3, -0.25) is 0 Å². The minimum absolute atomic E-state index is 0.375. The molecule has 2 aliphatic rings. The van der Waals surface area contributed by atoms with Gasteiger partial charge in [-0.05, 0) is 44.2 Å². The normalized spacial score (nSPS) is 33.6. The second kappa shape index (κ2) is 6.30. The highest BCUT2D eigenvalue weighted by atomic mass is 32.2. The van der Waals surface area contributed by atoms with E-state index in [-0.39, 0.29) is 0 Å². The van der Waals surface area contributed by atoms with Crippen LogP contribution in [0.4, 0.5) is 0 Å². The van der Waals surface area contributed by atoms with E-state index in [1.165, 1.54) is 12.7 Å². The van der Waals surface area contributed by atoms with Gasteiger partial charge in [-0.15, -0.1) is 0 Å². The second-order valence-corrected chi connectivity index (χ2v) is 8.94. The van der Waals surface area contributed by atoms with Gasteiger partial charge in [0.25, 0.3) is 0 Å². The van der Waals surface area contributed by atoms with E-state index in [2.05, 4.69) is 17.1 Å². The van der Waals surface area contributed by atoms with Gasteiger partial charge in [0, 0.05) is 32.7 Å². The Balaban J connectivity index is 1.85. The predicted octanol–water partition coefficient (Wildman–Crippen LogP) is 0.589. The standard InChI is InChI=1S/C14H29N3O2S/c1-14(11-15-2)6-8-16(12-14)9-13-5-4-7-17(10-13)20(3,18)19/h13,15H,4-12H2,1-3H3. The summed E-state index contributed by atoms with van der Waals surface area (Å²) >= 11 is 0. The highest BCUT2D eigenvalue weighted by Crippen LogP contribution is 2.30. The Morgan fingerprint density at radius 3 is 2.75 bits per heavy atom. The number of nitrogens with one attached hydrogen (secondary N) is 1. The van der Waals surface area contributed by atoms with Crippen molar-refractivity contribution in [3.63, 3.8) is 0 Å². The number of piperidine rings is 1. The molecule has 0 bridgehead atoms. The molecule has 2 heterocycles. The Hall–Kier alpha value is -0.170. The lowest BCUT2D eigenvalue weighted by Gasteiger charge is -2.33. The summed E-state index contributed by atoms with van der Waals surface area (Å²) in [5, 5.41) is 3.29. The number of rotatable bonds is 5. The molecule has 2 rings (SSSR count). The van der Waals surface area contributed by atoms with E-state index in [9.17, 15) is 8.42 Å². The van der Waals surface area contributed by atoms with Gasteiger partial charge in [0.2, 0.25) is 10.0 Å². The summed E-state index contributed by atoms with van der Waals surface area (Å²) in [6.07, 6.45) is 4.72. The third kappa shape index (κ3) is 4.16. The molecule has 2 aliphatic heterocycles. The van der Waals surface area contributed by atoms with Crippen LogP contribution in [0.3, 0.4) is 0 Å². The average molecular weight is 303 g/mol. The van der Waals surface area contributed by atoms with E-state index in [1.807, 2.05) is 7.05 Å². The maximum Gasteiger partial charge on any atom is 0.211 e. The summed E-state index contributed by atoms with van der Waals surface area (Å²) < 4.78 is 25.0. The van der Waals surface area contributed by atoms with Crippen LogP contribution in [0.15, 0.2) is 0 Å². The van der Waals surface area contributed by atoms with Gasteiger partial charge in [0.15, 0.2) is 0 Å². The zero-order valence-electron chi connectivity index (χ0n) is 13.1. The van der Waals surface area contributed by atoms with Crippen LogP contribution in [-0.2, 0) is 10.0 Å². The Morgan fingerprint density at radius 1 is 1.35 bits per heavy atom. The summed E-state index contributed by atoms with van der Waals surface area (Å²) in [6, 6.07) is 0. The van der Waals surface area contributed by atoms with Crippen LogP contribution < -0.4 is 5.32 Å². The van der Waals surface area contributed by atoms with E-state index in [0.29, 0.717) is 24.4 Å². The van der Waals surface area contributed by atoms with Crippen molar-refractivity contribution in [1.82, 2.24) is 14.5 Å². The summed E-state index contributed by atoms with van der Waals surface area (Å²) in [5.74, 6) is 0.496. The largest absolute Gasteiger partial charge is 0.319 e. The van der Waals surface area contributed by atoms with Crippen LogP contribution in [0.1, 0.15) is 26.2 Å². The molecule has 0 aliphatic carbocycles. The first-order valence-electron chi connectivity index (χ1n) is 7.64. The molecule has 20 heavy (non-hydrogen) atoms. The van der Waals surface area contributed by atoms with Crippen molar-refractivity contribution in [3.05, 3.63) is 0 Å². The van der Waals surface area contributed by atoms with E-state index in [0.717, 1.165) is 39.0 Å². The first-order valence-corrected chi connectivity index (χ1v) is 9.49. The van der Waals surface area contributed by atoms with Gasteiger partial charge in [-0.25, -0.2) is 12.7 Å². The Bertz CT molecular complexity index is 426. The monoisotopic (exact) mass is 303 g/mol. The zero-order valence-corrected chi connectivity index (χ0v) is 13.9. The minimum atomic E-state index is -3.02.